The molecule has 0 nitrogen and oxygen atoms in total. The molecular formula is C39H88P6. The topological polar surface area (TPSA) is 0 Å². The van der Waals surface area contributed by atoms with E-state index in [0.717, 1.165) is 34.0 Å². The molecule has 0 aromatic heterocycles. The normalized spacial score (nSPS) is 15.6. The molecule has 0 N–H and O–H groups in total. The van der Waals surface area contributed by atoms with E-state index in [9.17, 15) is 0 Å². The summed E-state index contributed by atoms with van der Waals surface area (Å²) in [5, 5.41) is 0. The lowest BCUT2D eigenvalue weighted by Gasteiger charge is -2.16. The highest BCUT2D eigenvalue weighted by molar-refractivity contribution is 7.18. The zero-order valence-electron chi connectivity index (χ0n) is 31.4. The molecule has 0 amide bonds. The first-order valence-corrected chi connectivity index (χ1v) is 24.2. The fourth-order valence-electron chi connectivity index (χ4n) is 6.04. The van der Waals surface area contributed by atoms with Crippen molar-refractivity contribution in [3.05, 3.63) is 0 Å². The van der Waals surface area contributed by atoms with Crippen LogP contribution in [-0.2, 0) is 0 Å². The van der Waals surface area contributed by atoms with Crippen molar-refractivity contribution in [1.82, 2.24) is 0 Å². The summed E-state index contributed by atoms with van der Waals surface area (Å²) in [5.74, 6) is 0. The Labute approximate surface area is 302 Å². The summed E-state index contributed by atoms with van der Waals surface area (Å²) in [5.41, 5.74) is 5.14. The lowest BCUT2D eigenvalue weighted by atomic mass is 10.0. The molecule has 0 radical (unpaired) electrons. The Morgan fingerprint density at radius 1 is 0.244 bits per heavy atom. The molecule has 0 aliphatic carbocycles. The van der Waals surface area contributed by atoms with Crippen molar-refractivity contribution in [3.8, 4) is 0 Å². The van der Waals surface area contributed by atoms with E-state index in [1.807, 2.05) is 0 Å². The second-order valence-electron chi connectivity index (χ2n) is 14.6. The summed E-state index contributed by atoms with van der Waals surface area (Å²) in [6.45, 7) is 9.17. The van der Waals surface area contributed by atoms with Gasteiger partial charge in [-0.05, 0) is 111 Å². The van der Waals surface area contributed by atoms with Crippen molar-refractivity contribution in [2.45, 2.75) is 248 Å². The molecule has 274 valence electrons. The molecule has 6 heteroatoms. The monoisotopic (exact) mass is 743 g/mol. The summed E-state index contributed by atoms with van der Waals surface area (Å²) < 4.78 is 0. The molecule has 0 fully saturated rings. The van der Waals surface area contributed by atoms with Gasteiger partial charge in [-0.1, -0.05) is 137 Å². The number of unbranched alkanes of at least 4 members (excludes halogenated alkanes) is 12. The van der Waals surface area contributed by atoms with Gasteiger partial charge in [-0.25, -0.2) is 0 Å². The Hall–Kier alpha value is 2.58. The Balaban J connectivity index is 0. The molecule has 0 aromatic carbocycles. The zero-order chi connectivity index (χ0) is 34.0. The van der Waals surface area contributed by atoms with Gasteiger partial charge in [0.2, 0.25) is 0 Å². The highest BCUT2D eigenvalue weighted by atomic mass is 31.0. The maximum Gasteiger partial charge on any atom is -0.0264 e. The van der Waals surface area contributed by atoms with Gasteiger partial charge < -0.3 is 0 Å². The maximum absolute atomic E-state index is 3.10. The first kappa shape index (κ1) is 49.7. The van der Waals surface area contributed by atoms with Gasteiger partial charge in [0.1, 0.15) is 0 Å². The van der Waals surface area contributed by atoms with Crippen molar-refractivity contribution in [2.24, 2.45) is 0 Å². The molecule has 45 heavy (non-hydrogen) atoms. The molecule has 12 unspecified atom stereocenters. The number of rotatable bonds is 33. The van der Waals surface area contributed by atoms with Crippen molar-refractivity contribution >= 4 is 55.4 Å². The fraction of sp³-hybridized carbons (Fsp3) is 1.00. The number of hydrogen-bond donors (Lipinski definition) is 0. The molecule has 0 aliphatic heterocycles. The third-order valence-corrected chi connectivity index (χ3v) is 14.0. The SMILES string of the molecule is CCC(P)CCCCCCCC(P)CCCCCCC(P)CC.CCCCCCC(P)CCC(P)CCCCC(P)CCCC. The summed E-state index contributed by atoms with van der Waals surface area (Å²) in [7, 11) is 18.3. The van der Waals surface area contributed by atoms with Crippen LogP contribution in [0, 0.1) is 0 Å². The van der Waals surface area contributed by atoms with Gasteiger partial charge >= 0.3 is 0 Å². The molecule has 0 aromatic rings. The molecule has 0 bridgehead atoms. The quantitative estimate of drug-likeness (QED) is 0.0464. The van der Waals surface area contributed by atoms with E-state index >= 15 is 0 Å². The molecule has 0 saturated heterocycles. The Bertz CT molecular complexity index is 548. The van der Waals surface area contributed by atoms with Gasteiger partial charge in [0.05, 0.1) is 0 Å². The van der Waals surface area contributed by atoms with Crippen LogP contribution in [0.5, 0.6) is 0 Å². The highest BCUT2D eigenvalue weighted by Gasteiger charge is 2.08. The van der Waals surface area contributed by atoms with E-state index in [4.69, 9.17) is 0 Å². The van der Waals surface area contributed by atoms with Gasteiger partial charge in [0.25, 0.3) is 0 Å². The second-order valence-corrected chi connectivity index (χ2v) is 20.2. The van der Waals surface area contributed by atoms with Crippen LogP contribution in [0.25, 0.3) is 0 Å². The highest BCUT2D eigenvalue weighted by Crippen LogP contribution is 2.25. The summed E-state index contributed by atoms with van der Waals surface area (Å²) in [4.78, 5) is 0. The first-order chi connectivity index (χ1) is 21.7. The van der Waals surface area contributed by atoms with E-state index in [1.54, 1.807) is 0 Å². The van der Waals surface area contributed by atoms with Crippen LogP contribution >= 0.6 is 55.4 Å². The van der Waals surface area contributed by atoms with Gasteiger partial charge in [-0.3, -0.25) is 0 Å². The van der Waals surface area contributed by atoms with Crippen LogP contribution in [-0.4, -0.2) is 34.0 Å². The molecule has 0 saturated carbocycles. The number of hydrogen-bond acceptors (Lipinski definition) is 0. The van der Waals surface area contributed by atoms with Crippen molar-refractivity contribution in [2.75, 3.05) is 0 Å². The van der Waals surface area contributed by atoms with Gasteiger partial charge in [-0.2, -0.15) is 0 Å². The molecule has 0 spiro atoms. The smallest absolute Gasteiger partial charge is 0.0264 e. The van der Waals surface area contributed by atoms with E-state index in [0.29, 0.717) is 0 Å². The van der Waals surface area contributed by atoms with Gasteiger partial charge in [-0.15, -0.1) is 55.4 Å². The zero-order valence-corrected chi connectivity index (χ0v) is 38.4. The minimum atomic E-state index is 0.845. The summed E-state index contributed by atoms with van der Waals surface area (Å²) in [6.07, 6.45) is 40.9. The van der Waals surface area contributed by atoms with E-state index < -0.39 is 0 Å². The molecule has 12 atom stereocenters. The van der Waals surface area contributed by atoms with Crippen molar-refractivity contribution in [3.63, 3.8) is 0 Å². The third kappa shape index (κ3) is 40.9. The second kappa shape index (κ2) is 39.4. The predicted molar refractivity (Wildman–Crippen MR) is 238 cm³/mol. The molecular weight excluding hydrogens is 654 g/mol. The summed E-state index contributed by atoms with van der Waals surface area (Å²) >= 11 is 0. The van der Waals surface area contributed by atoms with Gasteiger partial charge in [0, 0.05) is 0 Å². The maximum atomic E-state index is 3.10. The Kier molecular flexibility index (Phi) is 43.5. The predicted octanol–water partition coefficient (Wildman–Crippen LogP) is 14.8. The van der Waals surface area contributed by atoms with Crippen LogP contribution in [0.2, 0.25) is 0 Å². The first-order valence-electron chi connectivity index (χ1n) is 20.2. The van der Waals surface area contributed by atoms with Crippen LogP contribution in [0.15, 0.2) is 0 Å². The largest absolute Gasteiger partial charge is 0.134 e. The Morgan fingerprint density at radius 2 is 0.467 bits per heavy atom. The van der Waals surface area contributed by atoms with Crippen LogP contribution < -0.4 is 0 Å². The third-order valence-electron chi connectivity index (χ3n) is 9.76. The van der Waals surface area contributed by atoms with Crippen molar-refractivity contribution < 1.29 is 0 Å². The lowest BCUT2D eigenvalue weighted by molar-refractivity contribution is 0.535. The van der Waals surface area contributed by atoms with Crippen molar-refractivity contribution in [1.29, 1.82) is 0 Å². The van der Waals surface area contributed by atoms with E-state index in [2.05, 4.69) is 83.1 Å². The molecule has 0 heterocycles. The van der Waals surface area contributed by atoms with Crippen LogP contribution in [0.1, 0.15) is 214 Å². The fourth-order valence-corrected chi connectivity index (χ4v) is 8.31. The standard InChI is InChI=1S/C20H45P3.C19H43P3/c1-3-18(21)14-10-6-5-7-12-16-20(23)17-13-9-8-11-15-19(22)4-2;1-3-5-7-8-12-18(21)15-16-19(22)14-10-9-13-17(20)11-6-4-2/h18-20H,3-17,21-23H2,1-2H3;17-19H,3-16,20-22H2,1-2H3. The molecule has 0 rings (SSSR count). The minimum absolute atomic E-state index is 0.845. The Morgan fingerprint density at radius 3 is 0.778 bits per heavy atom. The molecule has 0 aliphatic rings. The average Bonchev–Trinajstić information content (AvgIpc) is 3.04. The van der Waals surface area contributed by atoms with Crippen LogP contribution in [0.3, 0.4) is 0 Å². The lowest BCUT2D eigenvalue weighted by Crippen LogP contribution is -2.05. The van der Waals surface area contributed by atoms with E-state index in [1.165, 1.54) is 186 Å². The summed E-state index contributed by atoms with van der Waals surface area (Å²) in [6, 6.07) is 0. The minimum Gasteiger partial charge on any atom is -0.134 e. The van der Waals surface area contributed by atoms with Crippen LogP contribution in [0.4, 0.5) is 0 Å². The average molecular weight is 743 g/mol. The van der Waals surface area contributed by atoms with E-state index in [-0.39, 0.29) is 0 Å². The van der Waals surface area contributed by atoms with Gasteiger partial charge in [0.15, 0.2) is 0 Å².